The maximum atomic E-state index is 12.8. The molecule has 7 heteroatoms. The standard InChI is InChI=1S/C28H25N3O4/c32-26(29-19-20-9-7-14-23(17-20)30-28(34)25-15-8-16-35-25)18-24(21-10-3-1-4-11-21)31-27(33)22-12-5-2-6-13-22/h1-17,24H,18-19H2,(H,29,32)(H,30,34)(H,31,33). The van der Waals surface area contributed by atoms with Crippen molar-refractivity contribution < 1.29 is 18.8 Å². The van der Waals surface area contributed by atoms with Gasteiger partial charge in [-0.25, -0.2) is 0 Å². The van der Waals surface area contributed by atoms with E-state index < -0.39 is 6.04 Å². The molecule has 1 heterocycles. The van der Waals surface area contributed by atoms with Gasteiger partial charge in [0.05, 0.1) is 18.7 Å². The van der Waals surface area contributed by atoms with Crippen molar-refractivity contribution in [3.8, 4) is 0 Å². The van der Waals surface area contributed by atoms with Crippen molar-refractivity contribution in [2.75, 3.05) is 5.32 Å². The molecule has 0 bridgehead atoms. The van der Waals surface area contributed by atoms with Crippen molar-refractivity contribution in [3.05, 3.63) is 126 Å². The summed E-state index contributed by atoms with van der Waals surface area (Å²) in [5, 5.41) is 8.64. The van der Waals surface area contributed by atoms with E-state index in [9.17, 15) is 14.4 Å². The van der Waals surface area contributed by atoms with Crippen molar-refractivity contribution in [3.63, 3.8) is 0 Å². The summed E-state index contributed by atoms with van der Waals surface area (Å²) < 4.78 is 5.11. The van der Waals surface area contributed by atoms with Gasteiger partial charge in [0.1, 0.15) is 0 Å². The minimum atomic E-state index is -0.483. The number of benzene rings is 3. The molecule has 0 saturated carbocycles. The van der Waals surface area contributed by atoms with Gasteiger partial charge in [0.15, 0.2) is 5.76 Å². The molecule has 1 aromatic heterocycles. The Balaban J connectivity index is 1.37. The van der Waals surface area contributed by atoms with Gasteiger partial charge in [-0.2, -0.15) is 0 Å². The molecule has 0 saturated heterocycles. The number of carbonyl (C=O) groups excluding carboxylic acids is 3. The molecule has 1 atom stereocenters. The number of hydrogen-bond donors (Lipinski definition) is 3. The molecule has 176 valence electrons. The summed E-state index contributed by atoms with van der Waals surface area (Å²) in [7, 11) is 0. The molecule has 0 aliphatic rings. The van der Waals surface area contributed by atoms with Crippen LogP contribution in [-0.4, -0.2) is 17.7 Å². The number of furan rings is 1. The van der Waals surface area contributed by atoms with Crippen LogP contribution in [0.3, 0.4) is 0 Å². The lowest BCUT2D eigenvalue weighted by Gasteiger charge is -2.19. The van der Waals surface area contributed by atoms with E-state index in [0.29, 0.717) is 11.3 Å². The van der Waals surface area contributed by atoms with Crippen LogP contribution in [0, 0.1) is 0 Å². The summed E-state index contributed by atoms with van der Waals surface area (Å²) in [5.41, 5.74) is 2.78. The summed E-state index contributed by atoms with van der Waals surface area (Å²) in [4.78, 5) is 37.7. The van der Waals surface area contributed by atoms with Gasteiger partial charge in [-0.05, 0) is 47.5 Å². The first-order valence-corrected chi connectivity index (χ1v) is 11.2. The second-order valence-corrected chi connectivity index (χ2v) is 7.92. The molecule has 3 amide bonds. The lowest BCUT2D eigenvalue weighted by Crippen LogP contribution is -2.33. The van der Waals surface area contributed by atoms with E-state index in [1.165, 1.54) is 6.26 Å². The van der Waals surface area contributed by atoms with Crippen LogP contribution in [0.1, 0.15) is 44.5 Å². The highest BCUT2D eigenvalue weighted by atomic mass is 16.3. The summed E-state index contributed by atoms with van der Waals surface area (Å²) in [6.07, 6.45) is 1.52. The molecule has 35 heavy (non-hydrogen) atoms. The Kier molecular flexibility index (Phi) is 7.70. The zero-order chi connectivity index (χ0) is 24.5. The molecule has 0 radical (unpaired) electrons. The first-order chi connectivity index (χ1) is 17.1. The van der Waals surface area contributed by atoms with Crippen molar-refractivity contribution in [2.24, 2.45) is 0 Å². The Bertz CT molecular complexity index is 1270. The molecule has 7 nitrogen and oxygen atoms in total. The molecule has 3 N–H and O–H groups in total. The van der Waals surface area contributed by atoms with E-state index in [0.717, 1.165) is 11.1 Å². The van der Waals surface area contributed by atoms with E-state index in [2.05, 4.69) is 16.0 Å². The topological polar surface area (TPSA) is 100 Å². The third-order valence-electron chi connectivity index (χ3n) is 5.35. The fourth-order valence-corrected chi connectivity index (χ4v) is 3.59. The van der Waals surface area contributed by atoms with Crippen LogP contribution < -0.4 is 16.0 Å². The summed E-state index contributed by atoms with van der Waals surface area (Å²) in [5.74, 6) is -0.589. The van der Waals surface area contributed by atoms with Crippen molar-refractivity contribution in [1.82, 2.24) is 10.6 Å². The molecule has 0 aliphatic carbocycles. The number of nitrogens with one attached hydrogen (secondary N) is 3. The van der Waals surface area contributed by atoms with Crippen LogP contribution >= 0.6 is 0 Å². The maximum Gasteiger partial charge on any atom is 0.291 e. The van der Waals surface area contributed by atoms with Crippen molar-refractivity contribution in [2.45, 2.75) is 19.0 Å². The van der Waals surface area contributed by atoms with Gasteiger partial charge in [-0.1, -0.05) is 60.7 Å². The van der Waals surface area contributed by atoms with Gasteiger partial charge in [0.2, 0.25) is 5.91 Å². The second kappa shape index (κ2) is 11.5. The van der Waals surface area contributed by atoms with Gasteiger partial charge in [0, 0.05) is 17.8 Å². The Morgan fingerprint density at radius 3 is 2.23 bits per heavy atom. The van der Waals surface area contributed by atoms with Crippen LogP contribution in [0.2, 0.25) is 0 Å². The molecule has 4 aromatic rings. The molecule has 1 unspecified atom stereocenters. The maximum absolute atomic E-state index is 12.8. The monoisotopic (exact) mass is 467 g/mol. The smallest absolute Gasteiger partial charge is 0.291 e. The zero-order valence-electron chi connectivity index (χ0n) is 18.9. The summed E-state index contributed by atoms with van der Waals surface area (Å²) >= 11 is 0. The Morgan fingerprint density at radius 2 is 1.51 bits per heavy atom. The molecule has 0 fully saturated rings. The minimum Gasteiger partial charge on any atom is -0.459 e. The third kappa shape index (κ3) is 6.68. The van der Waals surface area contributed by atoms with Crippen LogP contribution in [-0.2, 0) is 11.3 Å². The van der Waals surface area contributed by atoms with Crippen LogP contribution in [0.15, 0.2) is 108 Å². The second-order valence-electron chi connectivity index (χ2n) is 7.92. The summed E-state index contributed by atoms with van der Waals surface area (Å²) in [6.45, 7) is 0.275. The van der Waals surface area contributed by atoms with Crippen LogP contribution in [0.5, 0.6) is 0 Å². The average Bonchev–Trinajstić information content (AvgIpc) is 3.44. The molecular formula is C28H25N3O4. The zero-order valence-corrected chi connectivity index (χ0v) is 18.9. The number of hydrogen-bond acceptors (Lipinski definition) is 4. The molecular weight excluding hydrogens is 442 g/mol. The highest BCUT2D eigenvalue weighted by Crippen LogP contribution is 2.18. The predicted molar refractivity (Wildman–Crippen MR) is 133 cm³/mol. The Labute approximate surface area is 203 Å². The van der Waals surface area contributed by atoms with E-state index >= 15 is 0 Å². The van der Waals surface area contributed by atoms with Gasteiger partial charge < -0.3 is 20.4 Å². The molecule has 0 aliphatic heterocycles. The van der Waals surface area contributed by atoms with E-state index in [4.69, 9.17) is 4.42 Å². The molecule has 0 spiro atoms. The first kappa shape index (κ1) is 23.5. The highest BCUT2D eigenvalue weighted by molar-refractivity contribution is 6.02. The lowest BCUT2D eigenvalue weighted by molar-refractivity contribution is -0.121. The van der Waals surface area contributed by atoms with Crippen molar-refractivity contribution in [1.29, 1.82) is 0 Å². The highest BCUT2D eigenvalue weighted by Gasteiger charge is 2.19. The first-order valence-electron chi connectivity index (χ1n) is 11.2. The minimum absolute atomic E-state index is 0.0809. The number of carbonyl (C=O) groups is 3. The Hall–Kier alpha value is -4.65. The lowest BCUT2D eigenvalue weighted by atomic mass is 10.0. The normalized spacial score (nSPS) is 11.3. The van der Waals surface area contributed by atoms with Crippen LogP contribution in [0.4, 0.5) is 5.69 Å². The van der Waals surface area contributed by atoms with E-state index in [1.807, 2.05) is 42.5 Å². The fraction of sp³-hybridized carbons (Fsp3) is 0.107. The molecule has 3 aromatic carbocycles. The summed E-state index contributed by atoms with van der Waals surface area (Å²) in [6, 6.07) is 28.2. The quantitative estimate of drug-likeness (QED) is 0.332. The van der Waals surface area contributed by atoms with Crippen LogP contribution in [0.25, 0.3) is 0 Å². The third-order valence-corrected chi connectivity index (χ3v) is 5.35. The van der Waals surface area contributed by atoms with Gasteiger partial charge in [-0.15, -0.1) is 0 Å². The molecule has 4 rings (SSSR count). The largest absolute Gasteiger partial charge is 0.459 e. The van der Waals surface area contributed by atoms with Gasteiger partial charge in [-0.3, -0.25) is 14.4 Å². The van der Waals surface area contributed by atoms with E-state index in [-0.39, 0.29) is 36.4 Å². The SMILES string of the molecule is O=C(CC(NC(=O)c1ccccc1)c1ccccc1)NCc1cccc(NC(=O)c2ccco2)c1. The van der Waals surface area contributed by atoms with Crippen molar-refractivity contribution >= 4 is 23.4 Å². The number of anilines is 1. The average molecular weight is 468 g/mol. The Morgan fingerprint density at radius 1 is 0.771 bits per heavy atom. The van der Waals surface area contributed by atoms with E-state index in [1.54, 1.807) is 54.6 Å². The number of rotatable bonds is 9. The van der Waals surface area contributed by atoms with Gasteiger partial charge >= 0.3 is 0 Å². The van der Waals surface area contributed by atoms with Gasteiger partial charge in [0.25, 0.3) is 11.8 Å². The fourth-order valence-electron chi connectivity index (χ4n) is 3.59. The number of amides is 3. The predicted octanol–water partition coefficient (Wildman–Crippen LogP) is 4.71.